The van der Waals surface area contributed by atoms with Crippen molar-refractivity contribution in [2.45, 2.75) is 6.42 Å². The van der Waals surface area contributed by atoms with E-state index in [0.29, 0.717) is 5.56 Å². The molecule has 0 amide bonds. The number of benzene rings is 2. The normalized spacial score (nSPS) is 12.7. The molecule has 0 bridgehead atoms. The Bertz CT molecular complexity index is 895. The molecule has 114 valence electrons. The van der Waals surface area contributed by atoms with Crippen molar-refractivity contribution in [3.63, 3.8) is 0 Å². The molecular weight excluding hydrogens is 290 g/mol. The average Bonchev–Trinajstić information content (AvgIpc) is 3.23. The van der Waals surface area contributed by atoms with E-state index < -0.39 is 5.97 Å². The predicted octanol–water partition coefficient (Wildman–Crippen LogP) is 3.78. The summed E-state index contributed by atoms with van der Waals surface area (Å²) in [5, 5.41) is 9.11. The molecule has 0 spiro atoms. The molecule has 23 heavy (non-hydrogen) atoms. The lowest BCUT2D eigenvalue weighted by atomic mass is 10.1. The van der Waals surface area contributed by atoms with Crippen LogP contribution in [0.5, 0.6) is 5.75 Å². The fraction of sp³-hybridized carbons (Fsp3) is 0.105. The van der Waals surface area contributed by atoms with Gasteiger partial charge >= 0.3 is 5.97 Å². The van der Waals surface area contributed by atoms with Crippen molar-refractivity contribution < 1.29 is 14.6 Å². The Morgan fingerprint density at radius 1 is 1.09 bits per heavy atom. The van der Waals surface area contributed by atoms with Gasteiger partial charge in [0, 0.05) is 24.5 Å². The summed E-state index contributed by atoms with van der Waals surface area (Å²) < 4.78 is 7.58. The van der Waals surface area contributed by atoms with E-state index in [4.69, 9.17) is 9.84 Å². The van der Waals surface area contributed by atoms with E-state index in [1.807, 2.05) is 41.2 Å². The Morgan fingerprint density at radius 3 is 2.87 bits per heavy atom. The van der Waals surface area contributed by atoms with Crippen molar-refractivity contribution in [1.82, 2.24) is 4.57 Å². The van der Waals surface area contributed by atoms with Crippen LogP contribution in [0.2, 0.25) is 0 Å². The van der Waals surface area contributed by atoms with Crippen molar-refractivity contribution in [2.75, 3.05) is 6.61 Å². The first-order valence-corrected chi connectivity index (χ1v) is 7.48. The number of carboxylic acid groups (broad SMARTS) is 1. The van der Waals surface area contributed by atoms with Crippen molar-refractivity contribution in [3.05, 3.63) is 72.1 Å². The minimum Gasteiger partial charge on any atom is -0.493 e. The van der Waals surface area contributed by atoms with Crippen LogP contribution < -0.4 is 4.74 Å². The third kappa shape index (κ3) is 2.48. The lowest BCUT2D eigenvalue weighted by Crippen LogP contribution is -1.95. The van der Waals surface area contributed by atoms with Crippen LogP contribution in [0.25, 0.3) is 16.8 Å². The van der Waals surface area contributed by atoms with Crippen molar-refractivity contribution in [3.8, 4) is 22.6 Å². The number of rotatable bonds is 3. The van der Waals surface area contributed by atoms with E-state index in [1.165, 1.54) is 5.56 Å². The maximum Gasteiger partial charge on any atom is 0.335 e. The SMILES string of the molecule is O=C(O)c1cccc(-c2ccn(-c3ccc4c(c3)CCO4)c2)c1. The molecule has 0 saturated carbocycles. The van der Waals surface area contributed by atoms with Crippen LogP contribution in [0.15, 0.2) is 60.9 Å². The molecule has 0 radical (unpaired) electrons. The Labute approximate surface area is 133 Å². The molecule has 0 fully saturated rings. The smallest absolute Gasteiger partial charge is 0.335 e. The summed E-state index contributed by atoms with van der Waals surface area (Å²) in [5.41, 5.74) is 4.49. The quantitative estimate of drug-likeness (QED) is 0.801. The van der Waals surface area contributed by atoms with Gasteiger partial charge in [0.1, 0.15) is 5.75 Å². The van der Waals surface area contributed by atoms with Crippen molar-refractivity contribution in [2.24, 2.45) is 0 Å². The summed E-state index contributed by atoms with van der Waals surface area (Å²) in [7, 11) is 0. The topological polar surface area (TPSA) is 51.5 Å². The van der Waals surface area contributed by atoms with Crippen LogP contribution >= 0.6 is 0 Å². The molecule has 2 heterocycles. The molecule has 0 saturated heterocycles. The first-order chi connectivity index (χ1) is 11.2. The summed E-state index contributed by atoms with van der Waals surface area (Å²) in [6.45, 7) is 0.748. The zero-order chi connectivity index (χ0) is 15.8. The lowest BCUT2D eigenvalue weighted by Gasteiger charge is -2.05. The maximum atomic E-state index is 11.1. The third-order valence-electron chi connectivity index (χ3n) is 4.11. The number of carboxylic acids is 1. The standard InChI is InChI=1S/C19H15NO3/c21-19(22)15-3-1-2-13(10-15)16-6-8-20(12-16)17-4-5-18-14(11-17)7-9-23-18/h1-6,8,10-12H,7,9H2,(H,21,22). The molecule has 1 aromatic heterocycles. The van der Waals surface area contributed by atoms with Crippen LogP contribution in [0.3, 0.4) is 0 Å². The van der Waals surface area contributed by atoms with Crippen molar-refractivity contribution >= 4 is 5.97 Å². The number of hydrogen-bond acceptors (Lipinski definition) is 2. The minimum atomic E-state index is -0.912. The summed E-state index contributed by atoms with van der Waals surface area (Å²) in [6, 6.07) is 15.1. The fourth-order valence-electron chi connectivity index (χ4n) is 2.89. The third-order valence-corrected chi connectivity index (χ3v) is 4.11. The second-order valence-corrected chi connectivity index (χ2v) is 5.58. The van der Waals surface area contributed by atoms with Crippen LogP contribution in [-0.4, -0.2) is 22.2 Å². The van der Waals surface area contributed by atoms with Gasteiger partial charge in [0.05, 0.1) is 12.2 Å². The Balaban J connectivity index is 1.69. The van der Waals surface area contributed by atoms with Gasteiger partial charge in [0.2, 0.25) is 0 Å². The molecule has 0 aliphatic carbocycles. The van der Waals surface area contributed by atoms with E-state index in [-0.39, 0.29) is 0 Å². The molecule has 4 nitrogen and oxygen atoms in total. The van der Waals surface area contributed by atoms with Crippen molar-refractivity contribution in [1.29, 1.82) is 0 Å². The van der Waals surface area contributed by atoms with Crippen LogP contribution in [0.4, 0.5) is 0 Å². The number of hydrogen-bond donors (Lipinski definition) is 1. The van der Waals surface area contributed by atoms with Crippen LogP contribution in [0, 0.1) is 0 Å². The lowest BCUT2D eigenvalue weighted by molar-refractivity contribution is 0.0697. The molecule has 0 unspecified atom stereocenters. The molecule has 1 N–H and O–H groups in total. The van der Waals surface area contributed by atoms with Gasteiger partial charge in [-0.05, 0) is 53.1 Å². The highest BCUT2D eigenvalue weighted by Crippen LogP contribution is 2.29. The Morgan fingerprint density at radius 2 is 2.00 bits per heavy atom. The summed E-state index contributed by atoms with van der Waals surface area (Å²) in [6.07, 6.45) is 4.94. The van der Waals surface area contributed by atoms with E-state index >= 15 is 0 Å². The molecule has 4 heteroatoms. The number of aromatic nitrogens is 1. The average molecular weight is 305 g/mol. The van der Waals surface area contributed by atoms with Gasteiger partial charge in [-0.2, -0.15) is 0 Å². The zero-order valence-corrected chi connectivity index (χ0v) is 12.4. The Hall–Kier alpha value is -3.01. The highest BCUT2D eigenvalue weighted by Gasteiger charge is 2.13. The van der Waals surface area contributed by atoms with Gasteiger partial charge < -0.3 is 14.4 Å². The molecule has 1 aliphatic rings. The molecule has 4 rings (SSSR count). The minimum absolute atomic E-state index is 0.296. The van der Waals surface area contributed by atoms with Gasteiger partial charge in [-0.15, -0.1) is 0 Å². The van der Waals surface area contributed by atoms with Crippen LogP contribution in [0.1, 0.15) is 15.9 Å². The molecule has 0 atom stereocenters. The summed E-state index contributed by atoms with van der Waals surface area (Å²) in [4.78, 5) is 11.1. The maximum absolute atomic E-state index is 11.1. The van der Waals surface area contributed by atoms with E-state index in [0.717, 1.165) is 35.6 Å². The predicted molar refractivity (Wildman–Crippen MR) is 87.4 cm³/mol. The monoisotopic (exact) mass is 305 g/mol. The number of carbonyl (C=O) groups is 1. The van der Waals surface area contributed by atoms with Gasteiger partial charge in [0.25, 0.3) is 0 Å². The molecule has 1 aliphatic heterocycles. The van der Waals surface area contributed by atoms with Gasteiger partial charge in [-0.1, -0.05) is 12.1 Å². The van der Waals surface area contributed by atoms with Gasteiger partial charge in [0.15, 0.2) is 0 Å². The number of aromatic carboxylic acids is 1. The second-order valence-electron chi connectivity index (χ2n) is 5.58. The first kappa shape index (κ1) is 13.6. The second kappa shape index (κ2) is 5.32. The summed E-state index contributed by atoms with van der Waals surface area (Å²) in [5.74, 6) is 0.0557. The Kier molecular flexibility index (Phi) is 3.15. The highest BCUT2D eigenvalue weighted by atomic mass is 16.5. The largest absolute Gasteiger partial charge is 0.493 e. The van der Waals surface area contributed by atoms with E-state index in [2.05, 4.69) is 6.07 Å². The number of fused-ring (bicyclic) bond motifs is 1. The van der Waals surface area contributed by atoms with E-state index in [1.54, 1.807) is 18.2 Å². The molecule has 2 aromatic carbocycles. The van der Waals surface area contributed by atoms with Crippen LogP contribution in [-0.2, 0) is 6.42 Å². The van der Waals surface area contributed by atoms with Gasteiger partial charge in [-0.3, -0.25) is 0 Å². The first-order valence-electron chi connectivity index (χ1n) is 7.48. The number of nitrogens with zero attached hydrogens (tertiary/aromatic N) is 1. The highest BCUT2D eigenvalue weighted by molar-refractivity contribution is 5.89. The van der Waals surface area contributed by atoms with Gasteiger partial charge in [-0.25, -0.2) is 4.79 Å². The molecular formula is C19H15NO3. The summed E-state index contributed by atoms with van der Waals surface area (Å²) >= 11 is 0. The molecule has 3 aromatic rings. The zero-order valence-electron chi connectivity index (χ0n) is 12.4. The number of ether oxygens (including phenoxy) is 1. The van der Waals surface area contributed by atoms with E-state index in [9.17, 15) is 4.79 Å². The fourth-order valence-corrected chi connectivity index (χ4v) is 2.89.